The van der Waals surface area contributed by atoms with Gasteiger partial charge in [-0.3, -0.25) is 4.90 Å². The van der Waals surface area contributed by atoms with Gasteiger partial charge in [-0.15, -0.1) is 0 Å². The van der Waals surface area contributed by atoms with E-state index in [1.807, 2.05) is 0 Å². The Morgan fingerprint density at radius 2 is 1.89 bits per heavy atom. The summed E-state index contributed by atoms with van der Waals surface area (Å²) in [6.45, 7) is 15.4. The Kier molecular flexibility index (Phi) is 8.64. The summed E-state index contributed by atoms with van der Waals surface area (Å²) in [5.74, 6) is 0. The van der Waals surface area contributed by atoms with Crippen LogP contribution in [0.5, 0.6) is 0 Å². The van der Waals surface area contributed by atoms with Crippen molar-refractivity contribution in [2.24, 2.45) is 0 Å². The highest BCUT2D eigenvalue weighted by Crippen LogP contribution is 2.15. The Balaban J connectivity index is 2.04. The van der Waals surface area contributed by atoms with Crippen LogP contribution in [0.4, 0.5) is 0 Å². The van der Waals surface area contributed by atoms with E-state index in [4.69, 9.17) is 0 Å². The van der Waals surface area contributed by atoms with Crippen LogP contribution in [-0.2, 0) is 0 Å². The molecule has 0 bridgehead atoms. The lowest BCUT2D eigenvalue weighted by atomic mass is 10.2. The molecule has 0 aromatic carbocycles. The van der Waals surface area contributed by atoms with Gasteiger partial charge in [0.15, 0.2) is 0 Å². The minimum Gasteiger partial charge on any atom is -0.317 e. The molecule has 1 aliphatic heterocycles. The van der Waals surface area contributed by atoms with Gasteiger partial charge in [0, 0.05) is 12.6 Å². The predicted octanol–water partition coefficient (Wildman–Crippen LogP) is 2.18. The molecule has 18 heavy (non-hydrogen) atoms. The van der Waals surface area contributed by atoms with Gasteiger partial charge in [0.05, 0.1) is 0 Å². The van der Waals surface area contributed by atoms with E-state index in [1.165, 1.54) is 65.0 Å². The van der Waals surface area contributed by atoms with E-state index >= 15 is 0 Å². The van der Waals surface area contributed by atoms with Crippen LogP contribution < -0.4 is 5.32 Å². The number of likely N-dealkylation sites (N-methyl/N-ethyl adjacent to an activating group) is 1. The second kappa shape index (κ2) is 9.76. The summed E-state index contributed by atoms with van der Waals surface area (Å²) >= 11 is 0. The van der Waals surface area contributed by atoms with Gasteiger partial charge in [-0.05, 0) is 58.5 Å². The molecule has 0 amide bonds. The van der Waals surface area contributed by atoms with E-state index < -0.39 is 0 Å². The molecule has 1 saturated heterocycles. The van der Waals surface area contributed by atoms with Crippen LogP contribution in [0, 0.1) is 0 Å². The van der Waals surface area contributed by atoms with E-state index in [-0.39, 0.29) is 0 Å². The standard InChI is InChI=1S/C15H33N3/c1-4-16-11-8-7-9-12-17-13-10-15(14-17)18(5-2)6-3/h15-16H,4-14H2,1-3H3. The minimum atomic E-state index is 0.821. The molecule has 1 atom stereocenters. The lowest BCUT2D eigenvalue weighted by molar-refractivity contribution is 0.210. The highest BCUT2D eigenvalue weighted by molar-refractivity contribution is 4.82. The number of likely N-dealkylation sites (tertiary alicyclic amines) is 1. The number of unbranched alkanes of at least 4 members (excludes halogenated alkanes) is 2. The van der Waals surface area contributed by atoms with Crippen LogP contribution in [0.1, 0.15) is 46.5 Å². The second-order valence-electron chi connectivity index (χ2n) is 5.38. The maximum atomic E-state index is 3.39. The quantitative estimate of drug-likeness (QED) is 0.604. The summed E-state index contributed by atoms with van der Waals surface area (Å²) < 4.78 is 0. The Labute approximate surface area is 114 Å². The number of nitrogens with one attached hydrogen (secondary N) is 1. The molecule has 1 heterocycles. The molecule has 1 aliphatic rings. The van der Waals surface area contributed by atoms with Crippen LogP contribution >= 0.6 is 0 Å². The van der Waals surface area contributed by atoms with Gasteiger partial charge >= 0.3 is 0 Å². The van der Waals surface area contributed by atoms with Crippen LogP contribution in [-0.4, -0.2) is 61.7 Å². The topological polar surface area (TPSA) is 18.5 Å². The number of hydrogen-bond donors (Lipinski definition) is 1. The predicted molar refractivity (Wildman–Crippen MR) is 80.2 cm³/mol. The average Bonchev–Trinajstić information content (AvgIpc) is 2.84. The molecule has 0 spiro atoms. The zero-order chi connectivity index (χ0) is 13.2. The van der Waals surface area contributed by atoms with Gasteiger partial charge < -0.3 is 10.2 Å². The van der Waals surface area contributed by atoms with Gasteiger partial charge in [-0.25, -0.2) is 0 Å². The molecule has 0 aromatic heterocycles. The van der Waals surface area contributed by atoms with Crippen LogP contribution in [0.15, 0.2) is 0 Å². The summed E-state index contributed by atoms with van der Waals surface area (Å²) in [5.41, 5.74) is 0. The maximum Gasteiger partial charge on any atom is 0.0235 e. The van der Waals surface area contributed by atoms with Gasteiger partial charge in [-0.2, -0.15) is 0 Å². The van der Waals surface area contributed by atoms with Crippen molar-refractivity contribution in [1.82, 2.24) is 15.1 Å². The molecule has 3 heteroatoms. The molecular weight excluding hydrogens is 222 g/mol. The fourth-order valence-corrected chi connectivity index (χ4v) is 2.99. The average molecular weight is 255 g/mol. The second-order valence-corrected chi connectivity index (χ2v) is 5.38. The number of rotatable bonds is 10. The largest absolute Gasteiger partial charge is 0.317 e. The first kappa shape index (κ1) is 15.9. The van der Waals surface area contributed by atoms with Crippen LogP contribution in [0.3, 0.4) is 0 Å². The van der Waals surface area contributed by atoms with Gasteiger partial charge in [0.25, 0.3) is 0 Å². The summed E-state index contributed by atoms with van der Waals surface area (Å²) in [5, 5.41) is 3.39. The molecule has 0 radical (unpaired) electrons. The van der Waals surface area contributed by atoms with Gasteiger partial charge in [0.1, 0.15) is 0 Å². The van der Waals surface area contributed by atoms with E-state index in [0.29, 0.717) is 0 Å². The summed E-state index contributed by atoms with van der Waals surface area (Å²) in [6, 6.07) is 0.821. The van der Waals surface area contributed by atoms with Crippen molar-refractivity contribution in [1.29, 1.82) is 0 Å². The van der Waals surface area contributed by atoms with Crippen LogP contribution in [0.25, 0.3) is 0 Å². The first-order chi connectivity index (χ1) is 8.81. The normalized spacial score (nSPS) is 21.0. The Bertz CT molecular complexity index is 192. The number of nitrogens with zero attached hydrogens (tertiary/aromatic N) is 2. The molecular formula is C15H33N3. The third kappa shape index (κ3) is 5.68. The summed E-state index contributed by atoms with van der Waals surface area (Å²) in [4.78, 5) is 5.28. The van der Waals surface area contributed by atoms with Crippen molar-refractivity contribution in [3.8, 4) is 0 Å². The van der Waals surface area contributed by atoms with Crippen LogP contribution in [0.2, 0.25) is 0 Å². The highest BCUT2D eigenvalue weighted by Gasteiger charge is 2.25. The van der Waals surface area contributed by atoms with E-state index in [2.05, 4.69) is 35.9 Å². The molecule has 1 fully saturated rings. The van der Waals surface area contributed by atoms with Gasteiger partial charge in [0.2, 0.25) is 0 Å². The van der Waals surface area contributed by atoms with Crippen molar-refractivity contribution in [3.05, 3.63) is 0 Å². The fraction of sp³-hybridized carbons (Fsp3) is 1.00. The lowest BCUT2D eigenvalue weighted by Crippen LogP contribution is -2.37. The Morgan fingerprint density at radius 1 is 1.11 bits per heavy atom. The third-order valence-electron chi connectivity index (χ3n) is 4.15. The molecule has 0 saturated carbocycles. The molecule has 1 N–H and O–H groups in total. The third-order valence-corrected chi connectivity index (χ3v) is 4.15. The summed E-state index contributed by atoms with van der Waals surface area (Å²) in [7, 11) is 0. The first-order valence-electron chi connectivity index (χ1n) is 7.98. The van der Waals surface area contributed by atoms with Crippen molar-refractivity contribution >= 4 is 0 Å². The van der Waals surface area contributed by atoms with E-state index in [9.17, 15) is 0 Å². The molecule has 3 nitrogen and oxygen atoms in total. The van der Waals surface area contributed by atoms with Crippen molar-refractivity contribution < 1.29 is 0 Å². The molecule has 1 rings (SSSR count). The Hall–Kier alpha value is -0.120. The molecule has 1 unspecified atom stereocenters. The minimum absolute atomic E-state index is 0.821. The highest BCUT2D eigenvalue weighted by atomic mass is 15.2. The molecule has 0 aliphatic carbocycles. The van der Waals surface area contributed by atoms with Crippen molar-refractivity contribution in [2.75, 3.05) is 45.8 Å². The van der Waals surface area contributed by atoms with Crippen molar-refractivity contribution in [2.45, 2.75) is 52.5 Å². The zero-order valence-electron chi connectivity index (χ0n) is 12.7. The SMILES string of the molecule is CCNCCCCCN1CCC(N(CC)CC)C1. The molecule has 108 valence electrons. The monoisotopic (exact) mass is 255 g/mol. The maximum absolute atomic E-state index is 3.39. The number of hydrogen-bond acceptors (Lipinski definition) is 3. The zero-order valence-corrected chi connectivity index (χ0v) is 12.7. The fourth-order valence-electron chi connectivity index (χ4n) is 2.99. The van der Waals surface area contributed by atoms with Crippen molar-refractivity contribution in [3.63, 3.8) is 0 Å². The first-order valence-corrected chi connectivity index (χ1v) is 7.98. The molecule has 0 aromatic rings. The van der Waals surface area contributed by atoms with Gasteiger partial charge in [-0.1, -0.05) is 27.2 Å². The lowest BCUT2D eigenvalue weighted by Gasteiger charge is -2.26. The smallest absolute Gasteiger partial charge is 0.0235 e. The summed E-state index contributed by atoms with van der Waals surface area (Å²) in [6.07, 6.45) is 5.45. The van der Waals surface area contributed by atoms with E-state index in [0.717, 1.165) is 12.6 Å². The van der Waals surface area contributed by atoms with E-state index in [1.54, 1.807) is 0 Å². The Morgan fingerprint density at radius 3 is 2.56 bits per heavy atom.